The van der Waals surface area contributed by atoms with Gasteiger partial charge in [0.1, 0.15) is 17.8 Å². The van der Waals surface area contributed by atoms with Crippen molar-refractivity contribution in [3.05, 3.63) is 24.2 Å². The monoisotopic (exact) mass is 362 g/mol. The van der Waals surface area contributed by atoms with Crippen LogP contribution in [-0.4, -0.2) is 52.8 Å². The van der Waals surface area contributed by atoms with Crippen molar-refractivity contribution >= 4 is 23.9 Å². The van der Waals surface area contributed by atoms with E-state index in [1.54, 1.807) is 19.2 Å². The van der Waals surface area contributed by atoms with Gasteiger partial charge in [0.2, 0.25) is 5.91 Å². The highest BCUT2D eigenvalue weighted by Gasteiger charge is 2.55. The van der Waals surface area contributed by atoms with Crippen LogP contribution in [0.1, 0.15) is 37.9 Å². The molecule has 2 fully saturated rings. The lowest BCUT2D eigenvalue weighted by Gasteiger charge is -2.35. The van der Waals surface area contributed by atoms with E-state index in [0.717, 1.165) is 24.2 Å². The maximum absolute atomic E-state index is 12.8. The molecule has 0 radical (unpaired) electrons. The van der Waals surface area contributed by atoms with Crippen molar-refractivity contribution in [3.63, 3.8) is 0 Å². The van der Waals surface area contributed by atoms with Crippen LogP contribution in [0.3, 0.4) is 0 Å². The maximum Gasteiger partial charge on any atom is 0.327 e. The van der Waals surface area contributed by atoms with E-state index in [4.69, 9.17) is 4.42 Å². The number of urea groups is 2. The molecule has 0 bridgehead atoms. The number of nitrogens with one attached hydrogen (secondary N) is 2. The summed E-state index contributed by atoms with van der Waals surface area (Å²) in [7, 11) is 1.60. The fraction of sp³-hybridized carbons (Fsp3) is 0.529. The SMILES string of the molecule is CN1C(=O)N(CC(=O)NC(=O)NCc2ccco2)C(=O)C12CCCCC2. The van der Waals surface area contributed by atoms with Gasteiger partial charge in [0.25, 0.3) is 5.91 Å². The largest absolute Gasteiger partial charge is 0.467 e. The van der Waals surface area contributed by atoms with E-state index < -0.39 is 30.1 Å². The molecule has 9 nitrogen and oxygen atoms in total. The minimum absolute atomic E-state index is 0.125. The van der Waals surface area contributed by atoms with Gasteiger partial charge in [-0.15, -0.1) is 0 Å². The Kier molecular flexibility index (Phi) is 4.97. The molecule has 2 heterocycles. The number of amides is 6. The first-order valence-electron chi connectivity index (χ1n) is 8.64. The van der Waals surface area contributed by atoms with Gasteiger partial charge in [0.15, 0.2) is 0 Å². The van der Waals surface area contributed by atoms with Crippen molar-refractivity contribution in [1.82, 2.24) is 20.4 Å². The lowest BCUT2D eigenvalue weighted by Crippen LogP contribution is -2.50. The topological polar surface area (TPSA) is 112 Å². The quantitative estimate of drug-likeness (QED) is 0.782. The average molecular weight is 362 g/mol. The van der Waals surface area contributed by atoms with Crippen LogP contribution in [0.15, 0.2) is 22.8 Å². The summed E-state index contributed by atoms with van der Waals surface area (Å²) in [6.45, 7) is -0.350. The minimum atomic E-state index is -0.836. The van der Waals surface area contributed by atoms with Crippen molar-refractivity contribution in [1.29, 1.82) is 0 Å². The van der Waals surface area contributed by atoms with E-state index in [1.807, 2.05) is 0 Å². The maximum atomic E-state index is 12.8. The first-order valence-corrected chi connectivity index (χ1v) is 8.64. The van der Waals surface area contributed by atoms with Gasteiger partial charge < -0.3 is 14.6 Å². The minimum Gasteiger partial charge on any atom is -0.467 e. The molecule has 9 heteroatoms. The molecule has 0 unspecified atom stereocenters. The average Bonchev–Trinajstić information content (AvgIpc) is 3.21. The summed E-state index contributed by atoms with van der Waals surface area (Å²) in [6.07, 6.45) is 5.47. The smallest absolute Gasteiger partial charge is 0.327 e. The lowest BCUT2D eigenvalue weighted by molar-refractivity contribution is -0.137. The van der Waals surface area contributed by atoms with Crippen molar-refractivity contribution in [2.75, 3.05) is 13.6 Å². The van der Waals surface area contributed by atoms with E-state index in [0.29, 0.717) is 18.6 Å². The molecule has 1 aliphatic heterocycles. The van der Waals surface area contributed by atoms with E-state index >= 15 is 0 Å². The molecule has 1 aliphatic carbocycles. The molecule has 2 N–H and O–H groups in total. The Labute approximate surface area is 150 Å². The van der Waals surface area contributed by atoms with Crippen molar-refractivity contribution in [2.24, 2.45) is 0 Å². The third-order valence-corrected chi connectivity index (χ3v) is 5.04. The molecular weight excluding hydrogens is 340 g/mol. The predicted octanol–water partition coefficient (Wildman–Crippen LogP) is 1.20. The van der Waals surface area contributed by atoms with E-state index in [1.165, 1.54) is 11.2 Å². The number of carbonyl (C=O) groups excluding carboxylic acids is 4. The van der Waals surface area contributed by atoms with Crippen LogP contribution in [0.25, 0.3) is 0 Å². The zero-order chi connectivity index (χ0) is 18.7. The fourth-order valence-corrected chi connectivity index (χ4v) is 3.61. The molecule has 1 saturated carbocycles. The first-order chi connectivity index (χ1) is 12.4. The van der Waals surface area contributed by atoms with Gasteiger partial charge in [0.05, 0.1) is 12.8 Å². The number of hydrogen-bond acceptors (Lipinski definition) is 5. The van der Waals surface area contributed by atoms with Gasteiger partial charge in [-0.3, -0.25) is 19.8 Å². The van der Waals surface area contributed by atoms with Gasteiger partial charge >= 0.3 is 12.1 Å². The van der Waals surface area contributed by atoms with Crippen LogP contribution in [0.5, 0.6) is 0 Å². The summed E-state index contributed by atoms with van der Waals surface area (Å²) in [4.78, 5) is 51.4. The van der Waals surface area contributed by atoms with E-state index in [2.05, 4.69) is 10.6 Å². The molecule has 26 heavy (non-hydrogen) atoms. The Morgan fingerprint density at radius 3 is 2.62 bits per heavy atom. The highest BCUT2D eigenvalue weighted by Crippen LogP contribution is 2.39. The Balaban J connectivity index is 1.55. The van der Waals surface area contributed by atoms with Gasteiger partial charge in [-0.05, 0) is 25.0 Å². The number of furan rings is 1. The molecule has 1 aromatic heterocycles. The molecule has 1 aromatic rings. The summed E-state index contributed by atoms with van der Waals surface area (Å²) in [5.74, 6) is -0.529. The molecule has 0 atom stereocenters. The van der Waals surface area contributed by atoms with Crippen LogP contribution >= 0.6 is 0 Å². The number of rotatable bonds is 4. The Morgan fingerprint density at radius 2 is 1.96 bits per heavy atom. The Hall–Kier alpha value is -2.84. The summed E-state index contributed by atoms with van der Waals surface area (Å²) in [5, 5.41) is 4.59. The summed E-state index contributed by atoms with van der Waals surface area (Å²) >= 11 is 0. The molecular formula is C17H22N4O5. The fourth-order valence-electron chi connectivity index (χ4n) is 3.61. The number of nitrogens with zero attached hydrogens (tertiary/aromatic N) is 2. The second-order valence-corrected chi connectivity index (χ2v) is 6.64. The van der Waals surface area contributed by atoms with Gasteiger partial charge in [-0.1, -0.05) is 19.3 Å². The predicted molar refractivity (Wildman–Crippen MR) is 89.8 cm³/mol. The van der Waals surface area contributed by atoms with Crippen molar-refractivity contribution in [2.45, 2.75) is 44.2 Å². The normalized spacial score (nSPS) is 19.1. The molecule has 2 aliphatic rings. The first kappa shape index (κ1) is 18.0. The van der Waals surface area contributed by atoms with Gasteiger partial charge in [-0.2, -0.15) is 0 Å². The number of hydrogen-bond donors (Lipinski definition) is 2. The molecule has 1 spiro atoms. The second-order valence-electron chi connectivity index (χ2n) is 6.64. The van der Waals surface area contributed by atoms with Crippen LogP contribution in [-0.2, 0) is 16.1 Å². The highest BCUT2D eigenvalue weighted by molar-refractivity contribution is 6.09. The molecule has 140 valence electrons. The molecule has 3 rings (SSSR count). The van der Waals surface area contributed by atoms with Gasteiger partial charge in [0, 0.05) is 7.05 Å². The Morgan fingerprint density at radius 1 is 1.23 bits per heavy atom. The Bertz CT molecular complexity index is 709. The van der Waals surface area contributed by atoms with E-state index in [-0.39, 0.29) is 12.5 Å². The summed E-state index contributed by atoms with van der Waals surface area (Å²) in [6, 6.07) is 2.15. The molecule has 0 aromatic carbocycles. The van der Waals surface area contributed by atoms with Crippen LogP contribution in [0.2, 0.25) is 0 Å². The zero-order valence-corrected chi connectivity index (χ0v) is 14.6. The second kappa shape index (κ2) is 7.19. The van der Waals surface area contributed by atoms with Crippen molar-refractivity contribution < 1.29 is 23.6 Å². The third-order valence-electron chi connectivity index (χ3n) is 5.04. The zero-order valence-electron chi connectivity index (χ0n) is 14.6. The lowest BCUT2D eigenvalue weighted by atomic mass is 9.81. The highest BCUT2D eigenvalue weighted by atomic mass is 16.3. The summed E-state index contributed by atoms with van der Waals surface area (Å²) < 4.78 is 5.07. The number of imide groups is 2. The molecule has 6 amide bonds. The van der Waals surface area contributed by atoms with Gasteiger partial charge in [-0.25, -0.2) is 9.59 Å². The third kappa shape index (κ3) is 3.29. The number of likely N-dealkylation sites (N-methyl/N-ethyl adjacent to an activating group) is 1. The summed E-state index contributed by atoms with van der Waals surface area (Å²) in [5.41, 5.74) is -0.836. The van der Waals surface area contributed by atoms with Crippen molar-refractivity contribution in [3.8, 4) is 0 Å². The van der Waals surface area contributed by atoms with Crippen LogP contribution in [0.4, 0.5) is 9.59 Å². The van der Waals surface area contributed by atoms with Crippen LogP contribution in [0, 0.1) is 0 Å². The van der Waals surface area contributed by atoms with Crippen LogP contribution < -0.4 is 10.6 Å². The number of carbonyl (C=O) groups is 4. The van der Waals surface area contributed by atoms with E-state index in [9.17, 15) is 19.2 Å². The standard InChI is InChI=1S/C17H22N4O5/c1-20-16(25)21(14(23)17(20)7-3-2-4-8-17)11-13(22)19-15(24)18-10-12-6-5-9-26-12/h5-6,9H,2-4,7-8,10-11H2,1H3,(H2,18,19,22,24). The molecule has 1 saturated heterocycles.